The van der Waals surface area contributed by atoms with E-state index in [1.54, 1.807) is 4.68 Å². The van der Waals surface area contributed by atoms with Gasteiger partial charge in [-0.15, -0.1) is 0 Å². The average molecular weight is 405 g/mol. The van der Waals surface area contributed by atoms with Gasteiger partial charge in [-0.25, -0.2) is 14.6 Å². The van der Waals surface area contributed by atoms with Crippen LogP contribution in [-0.4, -0.2) is 56.7 Å². The molecule has 1 aliphatic rings. The summed E-state index contributed by atoms with van der Waals surface area (Å²) in [6.07, 6.45) is 0.355. The molecule has 0 aliphatic carbocycles. The number of nitrogens with zero attached hydrogens (tertiary/aromatic N) is 6. The van der Waals surface area contributed by atoms with Crippen LogP contribution in [0.5, 0.6) is 0 Å². The normalized spacial score (nSPS) is 14.3. The van der Waals surface area contributed by atoms with Crippen molar-refractivity contribution in [2.45, 2.75) is 34.1 Å². The molecule has 0 spiro atoms. The van der Waals surface area contributed by atoms with E-state index in [0.29, 0.717) is 12.4 Å². The molecule has 0 saturated carbocycles. The lowest BCUT2D eigenvalue weighted by Crippen LogP contribution is -2.49. The van der Waals surface area contributed by atoms with Gasteiger partial charge in [-0.05, 0) is 45.9 Å². The molecule has 0 bridgehead atoms. The number of benzene rings is 1. The molecule has 0 radical (unpaired) electrons. The van der Waals surface area contributed by atoms with Crippen LogP contribution in [0.15, 0.2) is 36.4 Å². The fourth-order valence-corrected chi connectivity index (χ4v) is 4.04. The van der Waals surface area contributed by atoms with Crippen molar-refractivity contribution in [2.75, 3.05) is 31.1 Å². The molecule has 30 heavy (non-hydrogen) atoms. The third-order valence-electron chi connectivity index (χ3n) is 5.68. The molecule has 2 aromatic heterocycles. The zero-order chi connectivity index (χ0) is 21.3. The van der Waals surface area contributed by atoms with Gasteiger partial charge in [-0.1, -0.05) is 18.2 Å². The lowest BCUT2D eigenvalue weighted by atomic mass is 10.1. The molecule has 4 rings (SSSR count). The third-order valence-corrected chi connectivity index (χ3v) is 5.68. The van der Waals surface area contributed by atoms with Crippen LogP contribution in [0.1, 0.15) is 28.3 Å². The summed E-state index contributed by atoms with van der Waals surface area (Å²) >= 11 is 0. The van der Waals surface area contributed by atoms with Crippen LogP contribution in [0.3, 0.4) is 0 Å². The monoisotopic (exact) mass is 404 g/mol. The molecule has 156 valence electrons. The maximum Gasteiger partial charge on any atom is 0.251 e. The molecule has 1 saturated heterocycles. The van der Waals surface area contributed by atoms with E-state index < -0.39 is 0 Å². The van der Waals surface area contributed by atoms with E-state index in [1.807, 2.05) is 44.7 Å². The predicted molar refractivity (Wildman–Crippen MR) is 117 cm³/mol. The Labute approximate surface area is 177 Å². The summed E-state index contributed by atoms with van der Waals surface area (Å²) in [6.45, 7) is 11.0. The van der Waals surface area contributed by atoms with Crippen LogP contribution in [0.4, 0.5) is 5.69 Å². The van der Waals surface area contributed by atoms with Crippen LogP contribution in [0, 0.1) is 27.7 Å². The van der Waals surface area contributed by atoms with Crippen molar-refractivity contribution in [3.05, 3.63) is 64.7 Å². The molecule has 0 N–H and O–H groups in total. The van der Waals surface area contributed by atoms with Crippen molar-refractivity contribution < 1.29 is 4.79 Å². The minimum absolute atomic E-state index is 0.148. The summed E-state index contributed by atoms with van der Waals surface area (Å²) in [5.74, 6) is 0.707. The number of hydrogen-bond acceptors (Lipinski definition) is 5. The van der Waals surface area contributed by atoms with Gasteiger partial charge in [-0.3, -0.25) is 4.79 Å². The maximum absolute atomic E-state index is 13.0. The highest BCUT2D eigenvalue weighted by atomic mass is 16.2. The van der Waals surface area contributed by atoms with Gasteiger partial charge in [0.05, 0.1) is 12.1 Å². The standard InChI is InChI=1S/C23H28N6O/c1-16-14-17(2)25-23(24-16)29-19(4)21(18(3)26-29)15-22(30)28-12-10-27(11-13-28)20-8-6-5-7-9-20/h5-9,14H,10-13,15H2,1-4H3. The molecule has 1 aromatic carbocycles. The number of carbonyl (C=O) groups excluding carboxylic acids is 1. The van der Waals surface area contributed by atoms with E-state index >= 15 is 0 Å². The van der Waals surface area contributed by atoms with Crippen molar-refractivity contribution in [1.29, 1.82) is 0 Å². The van der Waals surface area contributed by atoms with Crippen molar-refractivity contribution in [3.63, 3.8) is 0 Å². The van der Waals surface area contributed by atoms with Gasteiger partial charge < -0.3 is 9.80 Å². The molecule has 1 amide bonds. The highest BCUT2D eigenvalue weighted by molar-refractivity contribution is 5.79. The Morgan fingerprint density at radius 3 is 2.20 bits per heavy atom. The van der Waals surface area contributed by atoms with Gasteiger partial charge in [0.15, 0.2) is 0 Å². The molecular weight excluding hydrogens is 376 g/mol. The van der Waals surface area contributed by atoms with Gasteiger partial charge in [0.2, 0.25) is 5.91 Å². The summed E-state index contributed by atoms with van der Waals surface area (Å²) < 4.78 is 1.76. The van der Waals surface area contributed by atoms with Crippen LogP contribution in [0.25, 0.3) is 5.95 Å². The molecule has 1 aliphatic heterocycles. The Bertz CT molecular complexity index is 1030. The summed E-state index contributed by atoms with van der Waals surface area (Å²) in [5, 5.41) is 4.63. The number of carbonyl (C=O) groups is 1. The number of amides is 1. The number of aryl methyl sites for hydroxylation is 3. The number of piperazine rings is 1. The number of anilines is 1. The van der Waals surface area contributed by atoms with Gasteiger partial charge in [0, 0.05) is 54.5 Å². The highest BCUT2D eigenvalue weighted by Gasteiger charge is 2.24. The second-order valence-corrected chi connectivity index (χ2v) is 7.89. The molecular formula is C23H28N6O. The van der Waals surface area contributed by atoms with Gasteiger partial charge in [-0.2, -0.15) is 5.10 Å². The van der Waals surface area contributed by atoms with Crippen molar-refractivity contribution in [1.82, 2.24) is 24.6 Å². The Morgan fingerprint density at radius 1 is 0.933 bits per heavy atom. The van der Waals surface area contributed by atoms with Gasteiger partial charge in [0.25, 0.3) is 5.95 Å². The van der Waals surface area contributed by atoms with Crippen LogP contribution in [-0.2, 0) is 11.2 Å². The SMILES string of the molecule is Cc1cc(C)nc(-n2nc(C)c(CC(=O)N3CCN(c4ccccc4)CC3)c2C)n1. The Balaban J connectivity index is 1.46. The lowest BCUT2D eigenvalue weighted by molar-refractivity contribution is -0.130. The number of hydrogen-bond donors (Lipinski definition) is 0. The average Bonchev–Trinajstić information content (AvgIpc) is 3.02. The van der Waals surface area contributed by atoms with E-state index in [2.05, 4.69) is 44.2 Å². The molecule has 1 fully saturated rings. The molecule has 7 nitrogen and oxygen atoms in total. The zero-order valence-electron chi connectivity index (χ0n) is 18.1. The number of aromatic nitrogens is 4. The first-order valence-electron chi connectivity index (χ1n) is 10.4. The first-order chi connectivity index (χ1) is 14.4. The Hall–Kier alpha value is -3.22. The van der Waals surface area contributed by atoms with E-state index in [-0.39, 0.29) is 5.91 Å². The van der Waals surface area contributed by atoms with E-state index in [0.717, 1.165) is 54.5 Å². The van der Waals surface area contributed by atoms with Crippen LogP contribution in [0.2, 0.25) is 0 Å². The summed E-state index contributed by atoms with van der Waals surface area (Å²) in [7, 11) is 0. The van der Waals surface area contributed by atoms with E-state index in [9.17, 15) is 4.79 Å². The first kappa shape index (κ1) is 20.1. The largest absolute Gasteiger partial charge is 0.368 e. The summed E-state index contributed by atoms with van der Waals surface area (Å²) in [5.41, 5.74) is 5.76. The van der Waals surface area contributed by atoms with Gasteiger partial charge in [0.1, 0.15) is 0 Å². The fourth-order valence-electron chi connectivity index (χ4n) is 4.04. The van der Waals surface area contributed by atoms with Crippen molar-refractivity contribution >= 4 is 11.6 Å². The maximum atomic E-state index is 13.0. The summed E-state index contributed by atoms with van der Waals surface area (Å²) in [6, 6.07) is 12.3. The smallest absolute Gasteiger partial charge is 0.251 e. The molecule has 0 unspecified atom stereocenters. The van der Waals surface area contributed by atoms with Crippen molar-refractivity contribution in [2.24, 2.45) is 0 Å². The number of para-hydroxylation sites is 1. The van der Waals surface area contributed by atoms with Crippen molar-refractivity contribution in [3.8, 4) is 5.95 Å². The topological polar surface area (TPSA) is 67.2 Å². The zero-order valence-corrected chi connectivity index (χ0v) is 18.1. The highest BCUT2D eigenvalue weighted by Crippen LogP contribution is 2.20. The van der Waals surface area contributed by atoms with E-state index in [1.165, 1.54) is 5.69 Å². The summed E-state index contributed by atoms with van der Waals surface area (Å²) in [4.78, 5) is 26.3. The first-order valence-corrected chi connectivity index (χ1v) is 10.4. The molecule has 3 heterocycles. The van der Waals surface area contributed by atoms with E-state index in [4.69, 9.17) is 0 Å². The molecule has 3 aromatic rings. The van der Waals surface area contributed by atoms with Crippen LogP contribution >= 0.6 is 0 Å². The second-order valence-electron chi connectivity index (χ2n) is 7.89. The second kappa shape index (κ2) is 8.26. The lowest BCUT2D eigenvalue weighted by Gasteiger charge is -2.36. The molecule has 7 heteroatoms. The van der Waals surface area contributed by atoms with Gasteiger partial charge >= 0.3 is 0 Å². The minimum Gasteiger partial charge on any atom is -0.368 e. The van der Waals surface area contributed by atoms with Crippen LogP contribution < -0.4 is 4.90 Å². The molecule has 0 atom stereocenters. The predicted octanol–water partition coefficient (Wildman–Crippen LogP) is 2.79. The number of rotatable bonds is 4. The Kier molecular flexibility index (Phi) is 5.53. The fraction of sp³-hybridized carbons (Fsp3) is 0.391. The quantitative estimate of drug-likeness (QED) is 0.669. The third kappa shape index (κ3) is 4.06. The Morgan fingerprint density at radius 2 is 1.57 bits per heavy atom. The minimum atomic E-state index is 0.148.